The highest BCUT2D eigenvalue weighted by atomic mass is 16.5. The second-order valence-electron chi connectivity index (χ2n) is 5.33. The Morgan fingerprint density at radius 2 is 2.04 bits per heavy atom. The van der Waals surface area contributed by atoms with Crippen LogP contribution in [-0.4, -0.2) is 66.0 Å². The number of pyridine rings is 1. The zero-order valence-electron chi connectivity index (χ0n) is 13.0. The molecule has 1 aromatic heterocycles. The van der Waals surface area contributed by atoms with Crippen molar-refractivity contribution in [3.8, 4) is 0 Å². The molecule has 0 amide bonds. The summed E-state index contributed by atoms with van der Waals surface area (Å²) in [6.45, 7) is 4.48. The van der Waals surface area contributed by atoms with Crippen LogP contribution in [-0.2, 0) is 14.3 Å². The monoisotopic (exact) mass is 323 g/mol. The summed E-state index contributed by atoms with van der Waals surface area (Å²) < 4.78 is 5.30. The summed E-state index contributed by atoms with van der Waals surface area (Å²) in [5.41, 5.74) is 0.596. The summed E-state index contributed by atoms with van der Waals surface area (Å²) in [6, 6.07) is 2.77. The Hall–Kier alpha value is -2.35. The van der Waals surface area contributed by atoms with E-state index in [2.05, 4.69) is 9.88 Å². The first kappa shape index (κ1) is 17.0. The van der Waals surface area contributed by atoms with Gasteiger partial charge in [0, 0.05) is 19.6 Å². The molecule has 126 valence electrons. The van der Waals surface area contributed by atoms with Gasteiger partial charge in [-0.25, -0.2) is 9.78 Å². The van der Waals surface area contributed by atoms with Gasteiger partial charge in [-0.05, 0) is 19.1 Å². The van der Waals surface area contributed by atoms with Crippen LogP contribution >= 0.6 is 0 Å². The maximum atomic E-state index is 11.2. The van der Waals surface area contributed by atoms with Crippen molar-refractivity contribution in [2.45, 2.75) is 19.4 Å². The molecule has 0 aromatic carbocycles. The minimum Gasteiger partial charge on any atom is -0.481 e. The number of morpholine rings is 1. The molecule has 1 aliphatic rings. The number of aromatic nitrogens is 1. The van der Waals surface area contributed by atoms with Gasteiger partial charge in [-0.3, -0.25) is 4.79 Å². The third-order valence-corrected chi connectivity index (χ3v) is 3.79. The van der Waals surface area contributed by atoms with Crippen molar-refractivity contribution in [2.24, 2.45) is 0 Å². The molecule has 2 rings (SSSR count). The summed E-state index contributed by atoms with van der Waals surface area (Å²) in [5, 5.41) is 18.0. The third-order valence-electron chi connectivity index (χ3n) is 3.79. The minimum absolute atomic E-state index is 0.112. The summed E-state index contributed by atoms with van der Waals surface area (Å²) in [7, 11) is 0. The lowest BCUT2D eigenvalue weighted by Crippen LogP contribution is -2.40. The first-order valence-electron chi connectivity index (χ1n) is 7.49. The largest absolute Gasteiger partial charge is 0.481 e. The number of carboxylic acid groups (broad SMARTS) is 2. The van der Waals surface area contributed by atoms with E-state index < -0.39 is 18.0 Å². The van der Waals surface area contributed by atoms with Crippen LogP contribution < -0.4 is 9.80 Å². The van der Waals surface area contributed by atoms with Crippen LogP contribution in [0.15, 0.2) is 18.3 Å². The Kier molecular flexibility index (Phi) is 5.75. The molecule has 0 aliphatic carbocycles. The van der Waals surface area contributed by atoms with Crippen LogP contribution in [0, 0.1) is 0 Å². The van der Waals surface area contributed by atoms with Crippen molar-refractivity contribution >= 4 is 23.4 Å². The molecule has 23 heavy (non-hydrogen) atoms. The number of nitrogens with zero attached hydrogens (tertiary/aromatic N) is 3. The molecule has 0 saturated carbocycles. The average Bonchev–Trinajstić information content (AvgIpc) is 2.56. The van der Waals surface area contributed by atoms with Gasteiger partial charge in [-0.2, -0.15) is 0 Å². The number of hydrogen-bond donors (Lipinski definition) is 2. The third kappa shape index (κ3) is 4.56. The molecule has 1 aromatic rings. The van der Waals surface area contributed by atoms with E-state index >= 15 is 0 Å². The molecule has 2 N–H and O–H groups in total. The Balaban J connectivity index is 2.13. The van der Waals surface area contributed by atoms with Gasteiger partial charge in [-0.15, -0.1) is 0 Å². The highest BCUT2D eigenvalue weighted by Gasteiger charge is 2.22. The number of anilines is 2. The normalized spacial score (nSPS) is 16.0. The Morgan fingerprint density at radius 1 is 1.35 bits per heavy atom. The maximum absolute atomic E-state index is 11.2. The van der Waals surface area contributed by atoms with Gasteiger partial charge < -0.3 is 24.7 Å². The second kappa shape index (κ2) is 7.77. The number of carboxylic acids is 2. The van der Waals surface area contributed by atoms with Crippen molar-refractivity contribution in [3.63, 3.8) is 0 Å². The van der Waals surface area contributed by atoms with Gasteiger partial charge in [-0.1, -0.05) is 0 Å². The molecule has 8 nitrogen and oxygen atoms in total. The number of aliphatic carboxylic acids is 2. The van der Waals surface area contributed by atoms with E-state index in [0.29, 0.717) is 18.9 Å². The molecule has 0 radical (unpaired) electrons. The zero-order chi connectivity index (χ0) is 16.8. The fourth-order valence-electron chi connectivity index (χ4n) is 2.42. The lowest BCUT2D eigenvalue weighted by molar-refractivity contribution is -0.139. The average molecular weight is 323 g/mol. The van der Waals surface area contributed by atoms with Gasteiger partial charge in [0.1, 0.15) is 11.9 Å². The zero-order valence-corrected chi connectivity index (χ0v) is 13.0. The highest BCUT2D eigenvalue weighted by Crippen LogP contribution is 2.21. The van der Waals surface area contributed by atoms with Crippen LogP contribution in [0.5, 0.6) is 0 Å². The SMILES string of the molecule is CC(C(=O)O)N(CCC(=O)O)c1ccc(N2CCOCC2)nc1. The van der Waals surface area contributed by atoms with Crippen molar-refractivity contribution < 1.29 is 24.5 Å². The molecule has 0 spiro atoms. The molecule has 8 heteroatoms. The predicted molar refractivity (Wildman–Crippen MR) is 84.0 cm³/mol. The van der Waals surface area contributed by atoms with E-state index in [1.807, 2.05) is 6.07 Å². The van der Waals surface area contributed by atoms with Crippen LogP contribution in [0.25, 0.3) is 0 Å². The van der Waals surface area contributed by atoms with E-state index in [9.17, 15) is 14.7 Å². The molecule has 1 fully saturated rings. The van der Waals surface area contributed by atoms with Crippen LogP contribution in [0.2, 0.25) is 0 Å². The Labute approximate surface area is 134 Å². The van der Waals surface area contributed by atoms with Crippen LogP contribution in [0.1, 0.15) is 13.3 Å². The van der Waals surface area contributed by atoms with E-state index in [1.165, 1.54) is 11.8 Å². The van der Waals surface area contributed by atoms with Crippen molar-refractivity contribution in [1.82, 2.24) is 4.98 Å². The van der Waals surface area contributed by atoms with Crippen molar-refractivity contribution in [1.29, 1.82) is 0 Å². The lowest BCUT2D eigenvalue weighted by Gasteiger charge is -2.30. The predicted octanol–water partition coefficient (Wildman–Crippen LogP) is 0.672. The van der Waals surface area contributed by atoms with Crippen LogP contribution in [0.3, 0.4) is 0 Å². The maximum Gasteiger partial charge on any atom is 0.326 e. The van der Waals surface area contributed by atoms with Gasteiger partial charge >= 0.3 is 11.9 Å². The summed E-state index contributed by atoms with van der Waals surface area (Å²) >= 11 is 0. The van der Waals surface area contributed by atoms with E-state index in [-0.39, 0.29) is 13.0 Å². The molecule has 1 atom stereocenters. The van der Waals surface area contributed by atoms with E-state index in [0.717, 1.165) is 18.9 Å². The minimum atomic E-state index is -1.01. The molecule has 0 bridgehead atoms. The van der Waals surface area contributed by atoms with E-state index in [1.54, 1.807) is 12.3 Å². The summed E-state index contributed by atoms with van der Waals surface area (Å²) in [4.78, 5) is 30.0. The van der Waals surface area contributed by atoms with Gasteiger partial charge in [0.15, 0.2) is 0 Å². The molecule has 2 heterocycles. The second-order valence-corrected chi connectivity index (χ2v) is 5.33. The first-order valence-corrected chi connectivity index (χ1v) is 7.49. The Morgan fingerprint density at radius 3 is 2.57 bits per heavy atom. The van der Waals surface area contributed by atoms with E-state index in [4.69, 9.17) is 9.84 Å². The molecule has 1 unspecified atom stereocenters. The van der Waals surface area contributed by atoms with Gasteiger partial charge in [0.2, 0.25) is 0 Å². The molecular formula is C15H21N3O5. The van der Waals surface area contributed by atoms with Crippen LogP contribution in [0.4, 0.5) is 11.5 Å². The number of ether oxygens (including phenoxy) is 1. The Bertz CT molecular complexity index is 543. The number of hydrogen-bond acceptors (Lipinski definition) is 6. The van der Waals surface area contributed by atoms with Gasteiger partial charge in [0.25, 0.3) is 0 Å². The topological polar surface area (TPSA) is 103 Å². The fraction of sp³-hybridized carbons (Fsp3) is 0.533. The number of carbonyl (C=O) groups is 2. The highest BCUT2D eigenvalue weighted by molar-refractivity contribution is 5.78. The quantitative estimate of drug-likeness (QED) is 0.755. The summed E-state index contributed by atoms with van der Waals surface area (Å²) in [5.74, 6) is -1.17. The smallest absolute Gasteiger partial charge is 0.326 e. The first-order chi connectivity index (χ1) is 11.0. The molecule has 1 saturated heterocycles. The molecular weight excluding hydrogens is 302 g/mol. The van der Waals surface area contributed by atoms with Crippen molar-refractivity contribution in [3.05, 3.63) is 18.3 Å². The molecule has 1 aliphatic heterocycles. The lowest BCUT2D eigenvalue weighted by atomic mass is 10.2. The standard InChI is InChI=1S/C15H21N3O5/c1-11(15(21)22)18(5-4-14(19)20)12-2-3-13(16-10-12)17-6-8-23-9-7-17/h2-3,10-11H,4-9H2,1H3,(H,19,20)(H,21,22). The van der Waals surface area contributed by atoms with Gasteiger partial charge in [0.05, 0.1) is 31.5 Å². The summed E-state index contributed by atoms with van der Waals surface area (Å²) in [6.07, 6.45) is 1.45. The van der Waals surface area contributed by atoms with Crippen molar-refractivity contribution in [2.75, 3.05) is 42.6 Å². The fourth-order valence-corrected chi connectivity index (χ4v) is 2.42. The number of rotatable bonds is 7.